The molecular formula is C8H5BrN2O2. The van der Waals surface area contributed by atoms with Gasteiger partial charge in [0.25, 0.3) is 0 Å². The summed E-state index contributed by atoms with van der Waals surface area (Å²) in [6.45, 7) is 0. The van der Waals surface area contributed by atoms with Gasteiger partial charge in [-0.2, -0.15) is 0 Å². The minimum absolute atomic E-state index is 0.248. The first-order valence-corrected chi connectivity index (χ1v) is 4.33. The van der Waals surface area contributed by atoms with Crippen molar-refractivity contribution in [3.05, 3.63) is 34.8 Å². The van der Waals surface area contributed by atoms with Crippen molar-refractivity contribution in [2.24, 2.45) is 0 Å². The third-order valence-corrected chi connectivity index (χ3v) is 2.34. The molecule has 0 spiro atoms. The van der Waals surface area contributed by atoms with Gasteiger partial charge >= 0.3 is 5.97 Å². The van der Waals surface area contributed by atoms with Gasteiger partial charge in [-0.1, -0.05) is 0 Å². The number of pyridine rings is 1. The van der Waals surface area contributed by atoms with E-state index in [0.29, 0.717) is 4.60 Å². The van der Waals surface area contributed by atoms with Crippen LogP contribution in [0, 0.1) is 0 Å². The van der Waals surface area contributed by atoms with Crippen LogP contribution in [0.5, 0.6) is 0 Å². The van der Waals surface area contributed by atoms with Crippen molar-refractivity contribution in [1.29, 1.82) is 0 Å². The van der Waals surface area contributed by atoms with Crippen molar-refractivity contribution in [1.82, 2.24) is 9.38 Å². The molecule has 5 heteroatoms. The van der Waals surface area contributed by atoms with Crippen LogP contribution in [0.1, 0.15) is 10.4 Å². The average molecular weight is 241 g/mol. The van der Waals surface area contributed by atoms with Gasteiger partial charge in [0.05, 0.1) is 11.1 Å². The summed E-state index contributed by atoms with van der Waals surface area (Å²) in [6.07, 6.45) is 3.08. The minimum atomic E-state index is -0.938. The van der Waals surface area contributed by atoms with E-state index in [-0.39, 0.29) is 5.56 Å². The van der Waals surface area contributed by atoms with Crippen LogP contribution in [-0.2, 0) is 0 Å². The highest BCUT2D eigenvalue weighted by molar-refractivity contribution is 9.10. The van der Waals surface area contributed by atoms with Crippen LogP contribution in [-0.4, -0.2) is 20.5 Å². The number of imidazole rings is 1. The third-order valence-electron chi connectivity index (χ3n) is 1.73. The van der Waals surface area contributed by atoms with Crippen LogP contribution in [0.4, 0.5) is 0 Å². The summed E-state index contributed by atoms with van der Waals surface area (Å²) in [6, 6.07) is 3.25. The molecule has 0 aliphatic heterocycles. The smallest absolute Gasteiger partial charge is 0.337 e. The van der Waals surface area contributed by atoms with Gasteiger partial charge in [0.15, 0.2) is 0 Å². The van der Waals surface area contributed by atoms with Crippen molar-refractivity contribution < 1.29 is 9.90 Å². The predicted octanol–water partition coefficient (Wildman–Crippen LogP) is 1.79. The van der Waals surface area contributed by atoms with E-state index in [9.17, 15) is 4.79 Å². The monoisotopic (exact) mass is 240 g/mol. The van der Waals surface area contributed by atoms with E-state index in [2.05, 4.69) is 20.9 Å². The Balaban J connectivity index is 2.70. The molecule has 0 atom stereocenters. The Morgan fingerprint density at radius 1 is 1.54 bits per heavy atom. The quantitative estimate of drug-likeness (QED) is 0.828. The first kappa shape index (κ1) is 8.25. The van der Waals surface area contributed by atoms with Gasteiger partial charge in [-0.3, -0.25) is 0 Å². The maximum Gasteiger partial charge on any atom is 0.337 e. The number of fused-ring (bicyclic) bond motifs is 1. The fraction of sp³-hybridized carbons (Fsp3) is 0. The van der Waals surface area contributed by atoms with Crippen LogP contribution in [0.15, 0.2) is 29.3 Å². The third kappa shape index (κ3) is 1.31. The molecule has 0 aromatic carbocycles. The van der Waals surface area contributed by atoms with Crippen molar-refractivity contribution in [3.63, 3.8) is 0 Å². The van der Waals surface area contributed by atoms with Crippen molar-refractivity contribution >= 4 is 27.4 Å². The Morgan fingerprint density at radius 3 is 3.00 bits per heavy atom. The van der Waals surface area contributed by atoms with E-state index in [0.717, 1.165) is 5.52 Å². The van der Waals surface area contributed by atoms with E-state index in [1.165, 1.54) is 6.20 Å². The lowest BCUT2D eigenvalue weighted by Gasteiger charge is -1.96. The molecular weight excluding hydrogens is 236 g/mol. The van der Waals surface area contributed by atoms with Crippen LogP contribution in [0.3, 0.4) is 0 Å². The Morgan fingerprint density at radius 2 is 2.31 bits per heavy atom. The van der Waals surface area contributed by atoms with Crippen LogP contribution in [0.2, 0.25) is 0 Å². The van der Waals surface area contributed by atoms with Gasteiger partial charge < -0.3 is 9.51 Å². The number of hydrogen-bond acceptors (Lipinski definition) is 2. The number of carboxylic acids is 1. The molecule has 0 saturated heterocycles. The molecule has 0 saturated carbocycles. The Labute approximate surface area is 82.0 Å². The largest absolute Gasteiger partial charge is 0.478 e. The normalized spacial score (nSPS) is 10.5. The number of halogens is 1. The predicted molar refractivity (Wildman–Crippen MR) is 49.9 cm³/mol. The van der Waals surface area contributed by atoms with Gasteiger partial charge in [-0.05, 0) is 28.1 Å². The highest BCUT2D eigenvalue weighted by Crippen LogP contribution is 2.16. The standard InChI is InChI=1S/C8H5BrN2O2/c9-7-6-2-1-5(8(12)13)3-11(6)4-10-7/h1-4H,(H,12,13). The Bertz CT molecular complexity index is 478. The maximum atomic E-state index is 10.6. The fourth-order valence-corrected chi connectivity index (χ4v) is 1.52. The van der Waals surface area contributed by atoms with Gasteiger partial charge in [0.2, 0.25) is 0 Å². The molecule has 0 fully saturated rings. The molecule has 2 heterocycles. The molecule has 13 heavy (non-hydrogen) atoms. The number of aromatic nitrogens is 2. The number of rotatable bonds is 1. The lowest BCUT2D eigenvalue weighted by atomic mass is 10.3. The van der Waals surface area contributed by atoms with Gasteiger partial charge in [0, 0.05) is 6.20 Å². The molecule has 2 rings (SSSR count). The molecule has 0 amide bonds. The van der Waals surface area contributed by atoms with Crippen molar-refractivity contribution in [3.8, 4) is 0 Å². The summed E-state index contributed by atoms with van der Waals surface area (Å²) >= 11 is 3.25. The second kappa shape index (κ2) is 2.85. The molecule has 0 radical (unpaired) electrons. The Kier molecular flexibility index (Phi) is 1.81. The number of carboxylic acid groups (broad SMARTS) is 1. The van der Waals surface area contributed by atoms with Gasteiger partial charge in [0.1, 0.15) is 10.9 Å². The zero-order valence-corrected chi connectivity index (χ0v) is 8.02. The lowest BCUT2D eigenvalue weighted by molar-refractivity contribution is 0.0696. The lowest BCUT2D eigenvalue weighted by Crippen LogP contribution is -1.97. The van der Waals surface area contributed by atoms with E-state index in [1.807, 2.05) is 0 Å². The van der Waals surface area contributed by atoms with E-state index in [4.69, 9.17) is 5.11 Å². The van der Waals surface area contributed by atoms with Crippen LogP contribution >= 0.6 is 15.9 Å². The molecule has 0 aliphatic carbocycles. The van der Waals surface area contributed by atoms with Crippen LogP contribution < -0.4 is 0 Å². The maximum absolute atomic E-state index is 10.6. The summed E-state index contributed by atoms with van der Waals surface area (Å²) in [5, 5.41) is 8.71. The number of hydrogen-bond donors (Lipinski definition) is 1. The molecule has 2 aromatic rings. The van der Waals surface area contributed by atoms with Crippen LogP contribution in [0.25, 0.3) is 5.52 Å². The van der Waals surface area contributed by atoms with E-state index < -0.39 is 5.97 Å². The van der Waals surface area contributed by atoms with E-state index >= 15 is 0 Å². The minimum Gasteiger partial charge on any atom is -0.478 e. The molecule has 2 aromatic heterocycles. The van der Waals surface area contributed by atoms with Gasteiger partial charge in [-0.25, -0.2) is 9.78 Å². The highest BCUT2D eigenvalue weighted by Gasteiger charge is 2.05. The second-order valence-electron chi connectivity index (χ2n) is 2.55. The summed E-state index contributed by atoms with van der Waals surface area (Å²) in [5.74, 6) is -0.938. The second-order valence-corrected chi connectivity index (χ2v) is 3.30. The Hall–Kier alpha value is -1.36. The first-order chi connectivity index (χ1) is 6.18. The molecule has 1 N–H and O–H groups in total. The summed E-state index contributed by atoms with van der Waals surface area (Å²) in [4.78, 5) is 14.6. The molecule has 0 aliphatic rings. The fourth-order valence-electron chi connectivity index (χ4n) is 1.09. The SMILES string of the molecule is O=C(O)c1ccc2c(Br)ncn2c1. The summed E-state index contributed by atoms with van der Waals surface area (Å²) < 4.78 is 2.37. The van der Waals surface area contributed by atoms with Crippen molar-refractivity contribution in [2.45, 2.75) is 0 Å². The summed E-state index contributed by atoms with van der Waals surface area (Å²) in [7, 11) is 0. The molecule has 0 bridgehead atoms. The van der Waals surface area contributed by atoms with Gasteiger partial charge in [-0.15, -0.1) is 0 Å². The average Bonchev–Trinajstić information content (AvgIpc) is 2.47. The molecule has 66 valence electrons. The van der Waals surface area contributed by atoms with Crippen molar-refractivity contribution in [2.75, 3.05) is 0 Å². The number of carbonyl (C=O) groups is 1. The number of aromatic carboxylic acids is 1. The first-order valence-electron chi connectivity index (χ1n) is 3.54. The topological polar surface area (TPSA) is 54.6 Å². The molecule has 4 nitrogen and oxygen atoms in total. The summed E-state index contributed by atoms with van der Waals surface area (Å²) in [5.41, 5.74) is 1.10. The molecule has 0 unspecified atom stereocenters. The zero-order valence-electron chi connectivity index (χ0n) is 6.44. The highest BCUT2D eigenvalue weighted by atomic mass is 79.9. The van der Waals surface area contributed by atoms with E-state index in [1.54, 1.807) is 22.9 Å². The zero-order chi connectivity index (χ0) is 9.42. The number of nitrogens with zero attached hydrogens (tertiary/aromatic N) is 2.